The molecule has 8 heteroatoms. The van der Waals surface area contributed by atoms with Crippen molar-refractivity contribution < 1.29 is 19.1 Å². The molecule has 4 aliphatic rings. The Bertz CT molecular complexity index is 971. The third-order valence-electron chi connectivity index (χ3n) is 12.3. The van der Waals surface area contributed by atoms with Crippen LogP contribution in [-0.4, -0.2) is 30.0 Å². The van der Waals surface area contributed by atoms with E-state index in [0.29, 0.717) is 53.7 Å². The number of esters is 2. The molecule has 5 unspecified atom stereocenters. The number of carbonyl (C=O) groups excluding carboxylic acids is 2. The maximum atomic E-state index is 12.6. The lowest BCUT2D eigenvalue weighted by atomic mass is 9.41. The van der Waals surface area contributed by atoms with Gasteiger partial charge in [0.25, 0.3) is 0 Å². The number of ether oxygens (including phenoxy) is 2. The van der Waals surface area contributed by atoms with Gasteiger partial charge in [0.05, 0.1) is 0 Å². The number of hydrazone groups is 1. The first-order valence-electron chi connectivity index (χ1n) is 16.0. The van der Waals surface area contributed by atoms with Gasteiger partial charge in [0, 0.05) is 26.2 Å². The standard InChI is InChI=1S/C32H54N4O4/c1-7-23-27-18-22(39-20(3)37)14-16-32(27,6)26-15-17-31(5)24(19(2)10-8-9-11-28(35-33)36-34)12-13-25(31)29(26)30(23)40-21(4)38/h19,22-27,29-30,33H,7-18,34H2,1-6H3/b35-33?,36-28-/t19-,22-,23-,24?,25+,26+,27?,29?,30-,31?,32?/m1/s1. The molecule has 0 radical (unpaired) electrons. The minimum Gasteiger partial charge on any atom is -0.463 e. The van der Waals surface area contributed by atoms with Gasteiger partial charge in [-0.1, -0.05) is 40.5 Å². The molecule has 0 bridgehead atoms. The van der Waals surface area contributed by atoms with Gasteiger partial charge in [0.2, 0.25) is 0 Å². The first-order valence-corrected chi connectivity index (χ1v) is 16.0. The number of carbonyl (C=O) groups is 2. The summed E-state index contributed by atoms with van der Waals surface area (Å²) in [5.74, 6) is 8.91. The Balaban J connectivity index is 1.56. The van der Waals surface area contributed by atoms with E-state index in [1.807, 2.05) is 0 Å². The van der Waals surface area contributed by atoms with Crippen LogP contribution in [0.25, 0.3) is 0 Å². The molecule has 11 atom stereocenters. The molecule has 0 amide bonds. The average molecular weight is 559 g/mol. The van der Waals surface area contributed by atoms with Crippen LogP contribution in [0.15, 0.2) is 10.2 Å². The summed E-state index contributed by atoms with van der Waals surface area (Å²) in [6, 6.07) is 0. The van der Waals surface area contributed by atoms with Gasteiger partial charge < -0.3 is 15.3 Å². The van der Waals surface area contributed by atoms with Gasteiger partial charge in [-0.15, -0.1) is 5.11 Å². The summed E-state index contributed by atoms with van der Waals surface area (Å²) in [4.78, 5) is 24.4. The number of hydrogen-bond acceptors (Lipinski definition) is 7. The first-order chi connectivity index (χ1) is 19.0. The lowest BCUT2D eigenvalue weighted by Crippen LogP contribution is -2.63. The zero-order valence-electron chi connectivity index (χ0n) is 25.8. The van der Waals surface area contributed by atoms with Crippen molar-refractivity contribution in [3.63, 3.8) is 0 Å². The molecule has 0 aromatic heterocycles. The van der Waals surface area contributed by atoms with E-state index in [9.17, 15) is 9.59 Å². The summed E-state index contributed by atoms with van der Waals surface area (Å²) in [5, 5.41) is 7.01. The largest absolute Gasteiger partial charge is 0.463 e. The van der Waals surface area contributed by atoms with Gasteiger partial charge in [-0.2, -0.15) is 5.10 Å². The first kappa shape index (κ1) is 31.0. The Morgan fingerprint density at radius 3 is 2.27 bits per heavy atom. The SMILES string of the molecule is CC[C@@H]1C2C[C@H](OC(C)=O)CCC2(C)[C@H]2CCC3(C)C([C@H](C)CCCC/C(N=N)=N/N)CC[C@H]3C2[C@@H]1OC(C)=O. The van der Waals surface area contributed by atoms with Crippen LogP contribution in [0.4, 0.5) is 0 Å². The number of rotatable bonds is 9. The number of nitrogens with one attached hydrogen (secondary N) is 1. The van der Waals surface area contributed by atoms with Crippen molar-refractivity contribution in [2.24, 2.45) is 68.3 Å². The summed E-state index contributed by atoms with van der Waals surface area (Å²) in [7, 11) is 0. The molecule has 40 heavy (non-hydrogen) atoms. The molecule has 4 fully saturated rings. The molecule has 0 aliphatic heterocycles. The van der Waals surface area contributed by atoms with Crippen molar-refractivity contribution in [2.75, 3.05) is 0 Å². The van der Waals surface area contributed by atoms with Gasteiger partial charge in [0.1, 0.15) is 12.2 Å². The van der Waals surface area contributed by atoms with Crippen molar-refractivity contribution >= 4 is 17.8 Å². The number of nitrogens with two attached hydrogens (primary N) is 1. The summed E-state index contributed by atoms with van der Waals surface area (Å²) >= 11 is 0. The summed E-state index contributed by atoms with van der Waals surface area (Å²) in [6.45, 7) is 12.9. The quantitative estimate of drug-likeness (QED) is 0.0586. The van der Waals surface area contributed by atoms with E-state index in [2.05, 4.69) is 37.9 Å². The lowest BCUT2D eigenvalue weighted by molar-refractivity contribution is -0.219. The fraction of sp³-hybridized carbons (Fsp3) is 0.906. The van der Waals surface area contributed by atoms with E-state index in [1.165, 1.54) is 39.0 Å². The molecular weight excluding hydrogens is 504 g/mol. The van der Waals surface area contributed by atoms with Crippen LogP contribution >= 0.6 is 0 Å². The second kappa shape index (κ2) is 12.5. The van der Waals surface area contributed by atoms with E-state index >= 15 is 0 Å². The molecule has 0 saturated heterocycles. The third-order valence-corrected chi connectivity index (χ3v) is 12.3. The van der Waals surface area contributed by atoms with E-state index in [-0.39, 0.29) is 35.0 Å². The Morgan fingerprint density at radius 2 is 1.65 bits per heavy atom. The zero-order valence-corrected chi connectivity index (χ0v) is 25.8. The van der Waals surface area contributed by atoms with Crippen LogP contribution in [0.5, 0.6) is 0 Å². The third kappa shape index (κ3) is 5.70. The lowest BCUT2D eigenvalue weighted by Gasteiger charge is -2.65. The van der Waals surface area contributed by atoms with Gasteiger partial charge in [-0.3, -0.25) is 9.59 Å². The molecule has 4 aliphatic carbocycles. The smallest absolute Gasteiger partial charge is 0.302 e. The Hall–Kier alpha value is -1.99. The molecular formula is C32H54N4O4. The Morgan fingerprint density at radius 1 is 0.975 bits per heavy atom. The van der Waals surface area contributed by atoms with E-state index < -0.39 is 0 Å². The highest BCUT2D eigenvalue weighted by atomic mass is 16.5. The highest BCUT2D eigenvalue weighted by Crippen LogP contribution is 2.70. The van der Waals surface area contributed by atoms with Gasteiger partial charge in [-0.05, 0) is 104 Å². The molecule has 4 rings (SSSR count). The highest BCUT2D eigenvalue weighted by molar-refractivity contribution is 5.81. The predicted octanol–water partition coefficient (Wildman–Crippen LogP) is 7.25. The van der Waals surface area contributed by atoms with Gasteiger partial charge in [0.15, 0.2) is 5.84 Å². The second-order valence-electron chi connectivity index (χ2n) is 14.2. The molecule has 0 aromatic rings. The normalized spacial score (nSPS) is 41.7. The number of hydrogen-bond donors (Lipinski definition) is 2. The Kier molecular flexibility index (Phi) is 9.66. The van der Waals surface area contributed by atoms with Gasteiger partial charge in [-0.25, -0.2) is 5.53 Å². The molecule has 0 spiro atoms. The van der Waals surface area contributed by atoms with Crippen molar-refractivity contribution in [2.45, 2.75) is 131 Å². The predicted molar refractivity (Wildman–Crippen MR) is 155 cm³/mol. The van der Waals surface area contributed by atoms with Crippen molar-refractivity contribution in [1.82, 2.24) is 0 Å². The van der Waals surface area contributed by atoms with E-state index in [4.69, 9.17) is 20.8 Å². The summed E-state index contributed by atoms with van der Waals surface area (Å²) in [6.07, 6.45) is 12.6. The molecule has 8 nitrogen and oxygen atoms in total. The van der Waals surface area contributed by atoms with E-state index in [1.54, 1.807) is 6.92 Å². The van der Waals surface area contributed by atoms with Crippen molar-refractivity contribution in [3.05, 3.63) is 0 Å². The molecule has 226 valence electrons. The topological polar surface area (TPSA) is 127 Å². The van der Waals surface area contributed by atoms with Crippen LogP contribution in [0.3, 0.4) is 0 Å². The minimum absolute atomic E-state index is 0.0216. The van der Waals surface area contributed by atoms with Gasteiger partial charge >= 0.3 is 11.9 Å². The molecule has 0 heterocycles. The van der Waals surface area contributed by atoms with Crippen LogP contribution < -0.4 is 5.84 Å². The number of unbranched alkanes of at least 4 members (excludes halogenated alkanes) is 1. The molecule has 4 saturated carbocycles. The Labute approximate surface area is 241 Å². The maximum absolute atomic E-state index is 12.6. The van der Waals surface area contributed by atoms with Crippen LogP contribution in [-0.2, 0) is 19.1 Å². The summed E-state index contributed by atoms with van der Waals surface area (Å²) in [5.41, 5.74) is 7.62. The highest BCUT2D eigenvalue weighted by Gasteiger charge is 2.66. The monoisotopic (exact) mass is 558 g/mol. The average Bonchev–Trinajstić information content (AvgIpc) is 3.26. The number of nitrogens with zero attached hydrogens (tertiary/aromatic N) is 2. The van der Waals surface area contributed by atoms with Crippen LogP contribution in [0, 0.1) is 57.8 Å². The van der Waals surface area contributed by atoms with E-state index in [0.717, 1.165) is 38.5 Å². The van der Waals surface area contributed by atoms with Crippen LogP contribution in [0.2, 0.25) is 0 Å². The van der Waals surface area contributed by atoms with Crippen LogP contribution in [0.1, 0.15) is 119 Å². The second-order valence-corrected chi connectivity index (χ2v) is 14.2. The fourth-order valence-corrected chi connectivity index (χ4v) is 10.7. The zero-order chi connectivity index (χ0) is 29.2. The molecule has 0 aromatic carbocycles. The number of fused-ring (bicyclic) bond motifs is 5. The minimum atomic E-state index is -0.189. The van der Waals surface area contributed by atoms with Crippen molar-refractivity contribution in [1.29, 1.82) is 5.53 Å². The maximum Gasteiger partial charge on any atom is 0.302 e. The van der Waals surface area contributed by atoms with Crippen molar-refractivity contribution in [3.8, 4) is 0 Å². The molecule has 3 N–H and O–H groups in total. The number of amidine groups is 1. The fourth-order valence-electron chi connectivity index (χ4n) is 10.7. The summed E-state index contributed by atoms with van der Waals surface area (Å²) < 4.78 is 12.1.